The van der Waals surface area contributed by atoms with Gasteiger partial charge in [-0.3, -0.25) is 4.79 Å². The minimum Gasteiger partial charge on any atom is -0.368 e. The smallest absolute Gasteiger partial charge is 0.252 e. The van der Waals surface area contributed by atoms with Crippen LogP contribution in [0.3, 0.4) is 0 Å². The van der Waals surface area contributed by atoms with Crippen LogP contribution in [0.5, 0.6) is 0 Å². The average molecular weight is 250 g/mol. The van der Waals surface area contributed by atoms with Crippen LogP contribution < -0.4 is 10.9 Å². The second-order valence-electron chi connectivity index (χ2n) is 5.40. The van der Waals surface area contributed by atoms with Crippen LogP contribution in [0.4, 0.5) is 5.82 Å². The first-order chi connectivity index (χ1) is 8.52. The summed E-state index contributed by atoms with van der Waals surface area (Å²) in [5, 5.41) is 3.32. The number of aromatic amines is 1. The third-order valence-corrected chi connectivity index (χ3v) is 3.94. The molecule has 0 amide bonds. The summed E-state index contributed by atoms with van der Waals surface area (Å²) in [6.07, 6.45) is 4.97. The Kier molecular flexibility index (Phi) is 3.71. The molecule has 1 fully saturated rings. The number of aromatic nitrogens is 2. The van der Waals surface area contributed by atoms with Crippen LogP contribution in [-0.2, 0) is 0 Å². The normalized spacial score (nSPS) is 18.2. The van der Waals surface area contributed by atoms with Crippen LogP contribution in [-0.4, -0.2) is 41.0 Å². The second-order valence-corrected chi connectivity index (χ2v) is 5.40. The van der Waals surface area contributed by atoms with E-state index in [0.29, 0.717) is 11.6 Å². The number of likely N-dealkylation sites (N-methyl/N-ethyl adjacent to an activating group) is 1. The fourth-order valence-corrected chi connectivity index (χ4v) is 2.74. The molecule has 0 aliphatic heterocycles. The SMILES string of the molecule is Cc1nc(NCC2(N(C)C)CCCC2)cc(=O)[nH]1. The van der Waals surface area contributed by atoms with Crippen LogP contribution in [0.25, 0.3) is 0 Å². The molecule has 1 saturated carbocycles. The van der Waals surface area contributed by atoms with Gasteiger partial charge in [-0.15, -0.1) is 0 Å². The molecule has 0 saturated heterocycles. The van der Waals surface area contributed by atoms with Crippen molar-refractivity contribution in [1.82, 2.24) is 14.9 Å². The molecule has 0 aromatic carbocycles. The van der Waals surface area contributed by atoms with E-state index >= 15 is 0 Å². The lowest BCUT2D eigenvalue weighted by atomic mass is 9.96. The number of hydrogen-bond donors (Lipinski definition) is 2. The highest BCUT2D eigenvalue weighted by Gasteiger charge is 2.35. The lowest BCUT2D eigenvalue weighted by Gasteiger charge is -2.36. The molecule has 0 unspecified atom stereocenters. The molecule has 1 aliphatic rings. The van der Waals surface area contributed by atoms with Crippen LogP contribution in [0.2, 0.25) is 0 Å². The summed E-state index contributed by atoms with van der Waals surface area (Å²) in [4.78, 5) is 20.6. The molecule has 0 spiro atoms. The molecule has 0 radical (unpaired) electrons. The highest BCUT2D eigenvalue weighted by molar-refractivity contribution is 5.33. The molecule has 1 aromatic rings. The number of nitrogens with zero attached hydrogens (tertiary/aromatic N) is 2. The number of hydrogen-bond acceptors (Lipinski definition) is 4. The van der Waals surface area contributed by atoms with Gasteiger partial charge in [0, 0.05) is 18.2 Å². The van der Waals surface area contributed by atoms with Crippen molar-refractivity contribution in [3.63, 3.8) is 0 Å². The van der Waals surface area contributed by atoms with Gasteiger partial charge in [0.1, 0.15) is 11.6 Å². The zero-order valence-electron chi connectivity index (χ0n) is 11.4. The molecule has 100 valence electrons. The molecule has 1 aromatic heterocycles. The van der Waals surface area contributed by atoms with E-state index < -0.39 is 0 Å². The van der Waals surface area contributed by atoms with Gasteiger partial charge in [0.05, 0.1) is 0 Å². The monoisotopic (exact) mass is 250 g/mol. The molecular formula is C13H22N4O. The first-order valence-electron chi connectivity index (χ1n) is 6.51. The maximum Gasteiger partial charge on any atom is 0.252 e. The Morgan fingerprint density at radius 3 is 2.67 bits per heavy atom. The van der Waals surface area contributed by atoms with Gasteiger partial charge in [0.25, 0.3) is 5.56 Å². The molecule has 18 heavy (non-hydrogen) atoms. The largest absolute Gasteiger partial charge is 0.368 e. The van der Waals surface area contributed by atoms with E-state index in [-0.39, 0.29) is 11.1 Å². The van der Waals surface area contributed by atoms with Gasteiger partial charge in [-0.05, 0) is 33.9 Å². The maximum absolute atomic E-state index is 11.4. The molecule has 0 atom stereocenters. The van der Waals surface area contributed by atoms with Crippen LogP contribution in [0, 0.1) is 6.92 Å². The minimum atomic E-state index is -0.102. The summed E-state index contributed by atoms with van der Waals surface area (Å²) in [6, 6.07) is 1.52. The van der Waals surface area contributed by atoms with Gasteiger partial charge in [-0.2, -0.15) is 0 Å². The third kappa shape index (κ3) is 2.72. The summed E-state index contributed by atoms with van der Waals surface area (Å²) in [5.41, 5.74) is 0.105. The number of anilines is 1. The number of rotatable bonds is 4. The Morgan fingerprint density at radius 1 is 1.44 bits per heavy atom. The predicted octanol–water partition coefficient (Wildman–Crippen LogP) is 1.36. The molecule has 5 heteroatoms. The Bertz CT molecular complexity index is 460. The Morgan fingerprint density at radius 2 is 2.11 bits per heavy atom. The highest BCUT2D eigenvalue weighted by atomic mass is 16.1. The van der Waals surface area contributed by atoms with Crippen molar-refractivity contribution < 1.29 is 0 Å². The van der Waals surface area contributed by atoms with Gasteiger partial charge < -0.3 is 15.2 Å². The van der Waals surface area contributed by atoms with Crippen molar-refractivity contribution in [2.24, 2.45) is 0 Å². The van der Waals surface area contributed by atoms with E-state index in [4.69, 9.17) is 0 Å². The van der Waals surface area contributed by atoms with Gasteiger partial charge in [0.15, 0.2) is 0 Å². The average Bonchev–Trinajstić information content (AvgIpc) is 2.75. The van der Waals surface area contributed by atoms with Gasteiger partial charge >= 0.3 is 0 Å². The van der Waals surface area contributed by atoms with Crippen molar-refractivity contribution in [3.05, 3.63) is 22.2 Å². The molecule has 1 aliphatic carbocycles. The van der Waals surface area contributed by atoms with E-state index in [1.165, 1.54) is 31.7 Å². The van der Waals surface area contributed by atoms with Gasteiger partial charge in [0.2, 0.25) is 0 Å². The summed E-state index contributed by atoms with van der Waals surface area (Å²) in [5.74, 6) is 1.32. The topological polar surface area (TPSA) is 61.0 Å². The van der Waals surface area contributed by atoms with Crippen molar-refractivity contribution in [2.75, 3.05) is 26.0 Å². The molecule has 0 bridgehead atoms. The lowest BCUT2D eigenvalue weighted by Crippen LogP contribution is -2.47. The molecule has 2 N–H and O–H groups in total. The Balaban J connectivity index is 2.08. The lowest BCUT2D eigenvalue weighted by molar-refractivity contribution is 0.172. The van der Waals surface area contributed by atoms with Crippen molar-refractivity contribution in [1.29, 1.82) is 0 Å². The third-order valence-electron chi connectivity index (χ3n) is 3.94. The van der Waals surface area contributed by atoms with E-state index in [1.807, 2.05) is 0 Å². The van der Waals surface area contributed by atoms with Crippen LogP contribution in [0.15, 0.2) is 10.9 Å². The maximum atomic E-state index is 11.4. The fraction of sp³-hybridized carbons (Fsp3) is 0.692. The first kappa shape index (κ1) is 13.1. The zero-order chi connectivity index (χ0) is 13.2. The zero-order valence-corrected chi connectivity index (χ0v) is 11.4. The summed E-state index contributed by atoms with van der Waals surface area (Å²) >= 11 is 0. The minimum absolute atomic E-state index is 0.102. The first-order valence-corrected chi connectivity index (χ1v) is 6.51. The van der Waals surface area contributed by atoms with Crippen LogP contribution in [0.1, 0.15) is 31.5 Å². The summed E-state index contributed by atoms with van der Waals surface area (Å²) in [6.45, 7) is 2.64. The highest BCUT2D eigenvalue weighted by Crippen LogP contribution is 2.33. The number of H-pyrrole nitrogens is 1. The Hall–Kier alpha value is -1.36. The van der Waals surface area contributed by atoms with Gasteiger partial charge in [-0.25, -0.2) is 4.98 Å². The van der Waals surface area contributed by atoms with Gasteiger partial charge in [-0.1, -0.05) is 12.8 Å². The van der Waals surface area contributed by atoms with Crippen molar-refractivity contribution in [2.45, 2.75) is 38.1 Å². The summed E-state index contributed by atoms with van der Waals surface area (Å²) in [7, 11) is 4.26. The second kappa shape index (κ2) is 5.10. The van der Waals surface area contributed by atoms with E-state index in [1.54, 1.807) is 6.92 Å². The molecule has 2 rings (SSSR count). The number of aryl methyl sites for hydroxylation is 1. The van der Waals surface area contributed by atoms with Crippen LogP contribution >= 0.6 is 0 Å². The summed E-state index contributed by atoms with van der Waals surface area (Å²) < 4.78 is 0. The van der Waals surface area contributed by atoms with E-state index in [2.05, 4.69) is 34.3 Å². The standard InChI is InChI=1S/C13H22N4O/c1-10-15-11(8-12(18)16-10)14-9-13(17(2)3)6-4-5-7-13/h8H,4-7,9H2,1-3H3,(H2,14,15,16,18). The molecule has 1 heterocycles. The predicted molar refractivity (Wildman–Crippen MR) is 73.0 cm³/mol. The molecular weight excluding hydrogens is 228 g/mol. The van der Waals surface area contributed by atoms with Crippen molar-refractivity contribution in [3.8, 4) is 0 Å². The quantitative estimate of drug-likeness (QED) is 0.847. The number of nitrogens with one attached hydrogen (secondary N) is 2. The van der Waals surface area contributed by atoms with E-state index in [0.717, 1.165) is 6.54 Å². The fourth-order valence-electron chi connectivity index (χ4n) is 2.74. The van der Waals surface area contributed by atoms with E-state index in [9.17, 15) is 4.79 Å². The Labute approximate surface area is 108 Å². The van der Waals surface area contributed by atoms with Crippen molar-refractivity contribution >= 4 is 5.82 Å². The molecule has 5 nitrogen and oxygen atoms in total.